The molecule has 1 aromatic carbocycles. The highest BCUT2D eigenvalue weighted by Crippen LogP contribution is 2.22. The van der Waals surface area contributed by atoms with Crippen LogP contribution in [0.5, 0.6) is 0 Å². The van der Waals surface area contributed by atoms with Gasteiger partial charge in [-0.15, -0.1) is 0 Å². The Hall–Kier alpha value is -2.37. The third kappa shape index (κ3) is 4.55. The largest absolute Gasteiger partial charge is 0.347 e. The van der Waals surface area contributed by atoms with Crippen molar-refractivity contribution in [3.63, 3.8) is 0 Å². The Morgan fingerprint density at radius 3 is 2.04 bits per heavy atom. The van der Waals surface area contributed by atoms with Gasteiger partial charge in [-0.25, -0.2) is 0 Å². The minimum absolute atomic E-state index is 0.0924. The molecule has 0 spiro atoms. The van der Waals surface area contributed by atoms with Crippen molar-refractivity contribution in [3.8, 4) is 0 Å². The van der Waals surface area contributed by atoms with E-state index in [0.717, 1.165) is 0 Å². The lowest BCUT2D eigenvalue weighted by Crippen LogP contribution is -2.41. The Balaban J connectivity index is 3.26. The minimum atomic E-state index is -0.278. The van der Waals surface area contributed by atoms with E-state index in [1.807, 2.05) is 13.8 Å². The summed E-state index contributed by atoms with van der Waals surface area (Å²) in [6.45, 7) is 6.28. The Bertz CT molecular complexity index is 580. The SMILES string of the molecule is CCN(CC)C(=O)c1ccccc1N(CC(=O)N(C)C)C(C)=O. The summed E-state index contributed by atoms with van der Waals surface area (Å²) in [7, 11) is 3.27. The molecule has 6 heteroatoms. The molecule has 0 aromatic heterocycles. The highest BCUT2D eigenvalue weighted by Gasteiger charge is 2.23. The number of likely N-dealkylation sites (N-methyl/N-ethyl adjacent to an activating group) is 1. The first-order chi connectivity index (χ1) is 10.8. The molecule has 0 atom stereocenters. The third-order valence-corrected chi connectivity index (χ3v) is 3.65. The Kier molecular flexibility index (Phi) is 6.75. The fourth-order valence-corrected chi connectivity index (χ4v) is 2.21. The van der Waals surface area contributed by atoms with Crippen molar-refractivity contribution >= 4 is 23.4 Å². The first-order valence-electron chi connectivity index (χ1n) is 7.70. The zero-order valence-electron chi connectivity index (χ0n) is 14.5. The molecule has 23 heavy (non-hydrogen) atoms. The van der Waals surface area contributed by atoms with Crippen molar-refractivity contribution in [2.75, 3.05) is 38.6 Å². The number of hydrogen-bond donors (Lipinski definition) is 0. The summed E-state index contributed by atoms with van der Waals surface area (Å²) in [6, 6.07) is 6.89. The molecule has 0 bridgehead atoms. The molecule has 0 aliphatic rings. The number of nitrogens with zero attached hydrogens (tertiary/aromatic N) is 3. The number of amides is 3. The normalized spacial score (nSPS) is 10.1. The van der Waals surface area contributed by atoms with Crippen LogP contribution in [0, 0.1) is 0 Å². The first kappa shape index (κ1) is 18.7. The second-order valence-electron chi connectivity index (χ2n) is 5.39. The van der Waals surface area contributed by atoms with Gasteiger partial charge in [0.25, 0.3) is 5.91 Å². The van der Waals surface area contributed by atoms with E-state index in [9.17, 15) is 14.4 Å². The molecule has 1 aromatic rings. The molecule has 0 unspecified atom stereocenters. The summed E-state index contributed by atoms with van der Waals surface area (Å²) in [6.07, 6.45) is 0. The van der Waals surface area contributed by atoms with Gasteiger partial charge >= 0.3 is 0 Å². The van der Waals surface area contributed by atoms with E-state index in [1.54, 1.807) is 43.3 Å². The number of hydrogen-bond acceptors (Lipinski definition) is 3. The fourth-order valence-electron chi connectivity index (χ4n) is 2.21. The van der Waals surface area contributed by atoms with Gasteiger partial charge in [0.2, 0.25) is 11.8 Å². The van der Waals surface area contributed by atoms with Crippen molar-refractivity contribution in [1.82, 2.24) is 9.80 Å². The van der Waals surface area contributed by atoms with Gasteiger partial charge in [-0.3, -0.25) is 14.4 Å². The van der Waals surface area contributed by atoms with Gasteiger partial charge < -0.3 is 14.7 Å². The molecular weight excluding hydrogens is 294 g/mol. The zero-order valence-corrected chi connectivity index (χ0v) is 14.5. The van der Waals surface area contributed by atoms with Gasteiger partial charge in [0.1, 0.15) is 6.54 Å². The molecule has 3 amide bonds. The van der Waals surface area contributed by atoms with Crippen LogP contribution in [0.4, 0.5) is 5.69 Å². The van der Waals surface area contributed by atoms with E-state index >= 15 is 0 Å². The topological polar surface area (TPSA) is 60.9 Å². The summed E-state index contributed by atoms with van der Waals surface area (Å²) in [4.78, 5) is 41.1. The quantitative estimate of drug-likeness (QED) is 0.800. The molecular formula is C17H25N3O3. The number of para-hydroxylation sites is 1. The molecule has 1 rings (SSSR count). The first-order valence-corrected chi connectivity index (χ1v) is 7.70. The van der Waals surface area contributed by atoms with Gasteiger partial charge in [-0.1, -0.05) is 12.1 Å². The molecule has 0 radical (unpaired) electrons. The van der Waals surface area contributed by atoms with E-state index in [-0.39, 0.29) is 24.3 Å². The van der Waals surface area contributed by atoms with Crippen LogP contribution in [-0.2, 0) is 9.59 Å². The van der Waals surface area contributed by atoms with Gasteiger partial charge in [0.15, 0.2) is 0 Å². The van der Waals surface area contributed by atoms with Gasteiger partial charge in [0.05, 0.1) is 11.3 Å². The molecule has 0 aliphatic heterocycles. The lowest BCUT2D eigenvalue weighted by molar-refractivity contribution is -0.129. The highest BCUT2D eigenvalue weighted by molar-refractivity contribution is 6.06. The molecule has 0 N–H and O–H groups in total. The maximum Gasteiger partial charge on any atom is 0.255 e. The van der Waals surface area contributed by atoms with Crippen LogP contribution in [0.15, 0.2) is 24.3 Å². The fraction of sp³-hybridized carbons (Fsp3) is 0.471. The van der Waals surface area contributed by atoms with Crippen LogP contribution in [0.25, 0.3) is 0 Å². The lowest BCUT2D eigenvalue weighted by atomic mass is 10.1. The van der Waals surface area contributed by atoms with Crippen molar-refractivity contribution in [2.24, 2.45) is 0 Å². The van der Waals surface area contributed by atoms with Gasteiger partial charge in [-0.2, -0.15) is 0 Å². The van der Waals surface area contributed by atoms with Crippen LogP contribution in [-0.4, -0.2) is 61.3 Å². The second-order valence-corrected chi connectivity index (χ2v) is 5.39. The van der Waals surface area contributed by atoms with Crippen molar-refractivity contribution in [3.05, 3.63) is 29.8 Å². The van der Waals surface area contributed by atoms with Crippen LogP contribution in [0.1, 0.15) is 31.1 Å². The van der Waals surface area contributed by atoms with Crippen molar-refractivity contribution < 1.29 is 14.4 Å². The number of carbonyl (C=O) groups is 3. The van der Waals surface area contributed by atoms with Crippen LogP contribution < -0.4 is 4.90 Å². The number of anilines is 1. The van der Waals surface area contributed by atoms with Crippen LogP contribution in [0.3, 0.4) is 0 Å². The lowest BCUT2D eigenvalue weighted by Gasteiger charge is -2.26. The summed E-state index contributed by atoms with van der Waals surface area (Å²) >= 11 is 0. The molecule has 0 fully saturated rings. The highest BCUT2D eigenvalue weighted by atomic mass is 16.2. The van der Waals surface area contributed by atoms with Crippen molar-refractivity contribution in [1.29, 1.82) is 0 Å². The predicted molar refractivity (Wildman–Crippen MR) is 90.4 cm³/mol. The maximum atomic E-state index is 12.7. The second kappa shape index (κ2) is 8.31. The Morgan fingerprint density at radius 2 is 1.57 bits per heavy atom. The number of rotatable bonds is 6. The number of carbonyl (C=O) groups excluding carboxylic acids is 3. The molecule has 0 aliphatic carbocycles. The number of benzene rings is 1. The van der Waals surface area contributed by atoms with E-state index < -0.39 is 0 Å². The minimum Gasteiger partial charge on any atom is -0.347 e. The van der Waals surface area contributed by atoms with E-state index in [2.05, 4.69) is 0 Å². The standard InChI is InChI=1S/C17H25N3O3/c1-6-19(7-2)17(23)14-10-8-9-11-15(14)20(13(3)21)12-16(22)18(4)5/h8-11H,6-7,12H2,1-5H3. The van der Waals surface area contributed by atoms with Crippen LogP contribution in [0.2, 0.25) is 0 Å². The monoisotopic (exact) mass is 319 g/mol. The smallest absolute Gasteiger partial charge is 0.255 e. The van der Waals surface area contributed by atoms with E-state index in [1.165, 1.54) is 16.7 Å². The Labute approximate surface area is 137 Å². The zero-order chi connectivity index (χ0) is 17.6. The van der Waals surface area contributed by atoms with Crippen LogP contribution >= 0.6 is 0 Å². The van der Waals surface area contributed by atoms with E-state index in [4.69, 9.17) is 0 Å². The summed E-state index contributed by atoms with van der Waals surface area (Å²) < 4.78 is 0. The third-order valence-electron chi connectivity index (χ3n) is 3.65. The maximum absolute atomic E-state index is 12.7. The van der Waals surface area contributed by atoms with Gasteiger partial charge in [0, 0.05) is 34.1 Å². The Morgan fingerprint density at radius 1 is 1.00 bits per heavy atom. The van der Waals surface area contributed by atoms with E-state index in [0.29, 0.717) is 24.3 Å². The predicted octanol–water partition coefficient (Wildman–Crippen LogP) is 1.61. The molecule has 0 heterocycles. The molecule has 126 valence electrons. The molecule has 6 nitrogen and oxygen atoms in total. The van der Waals surface area contributed by atoms with Crippen molar-refractivity contribution in [2.45, 2.75) is 20.8 Å². The average molecular weight is 319 g/mol. The summed E-state index contributed by atoms with van der Waals surface area (Å²) in [5.41, 5.74) is 0.894. The van der Waals surface area contributed by atoms with Gasteiger partial charge in [-0.05, 0) is 26.0 Å². The molecule has 0 saturated heterocycles. The summed E-state index contributed by atoms with van der Waals surface area (Å²) in [5, 5.41) is 0. The average Bonchev–Trinajstić information content (AvgIpc) is 2.53. The summed E-state index contributed by atoms with van der Waals surface area (Å²) in [5.74, 6) is -0.626. The molecule has 0 saturated carbocycles.